The highest BCUT2D eigenvalue weighted by atomic mass is 35.5. The summed E-state index contributed by atoms with van der Waals surface area (Å²) in [4.78, 5) is 44.4. The van der Waals surface area contributed by atoms with Crippen LogP contribution in [0, 0.1) is 5.82 Å². The number of piperidine rings is 1. The molecule has 0 aromatic heterocycles. The lowest BCUT2D eigenvalue weighted by molar-refractivity contribution is -0.134. The lowest BCUT2D eigenvalue weighted by Crippen LogP contribution is -2.50. The topological polar surface area (TPSA) is 70.2 Å². The van der Waals surface area contributed by atoms with E-state index in [4.69, 9.17) is 16.3 Å². The van der Waals surface area contributed by atoms with Gasteiger partial charge in [0, 0.05) is 49.1 Å². The maximum atomic E-state index is 13.7. The van der Waals surface area contributed by atoms with Crippen molar-refractivity contribution in [3.05, 3.63) is 88.7 Å². The second-order valence-electron chi connectivity index (χ2n) is 10.9. The van der Waals surface area contributed by atoms with E-state index in [9.17, 15) is 18.8 Å². The van der Waals surface area contributed by atoms with Crippen LogP contribution in [-0.4, -0.2) is 71.4 Å². The number of nitrogens with zero attached hydrogens (tertiary/aromatic N) is 3. The van der Waals surface area contributed by atoms with Crippen LogP contribution >= 0.6 is 11.6 Å². The average molecular weight is 566 g/mol. The van der Waals surface area contributed by atoms with E-state index in [0.717, 1.165) is 24.9 Å². The molecule has 3 amide bonds. The molecule has 9 heteroatoms. The minimum absolute atomic E-state index is 0.0256. The molecule has 0 spiro atoms. The number of carbonyl (C=O) groups is 3. The van der Waals surface area contributed by atoms with Gasteiger partial charge >= 0.3 is 6.09 Å². The maximum absolute atomic E-state index is 13.7. The van der Waals surface area contributed by atoms with E-state index >= 15 is 0 Å². The molecule has 7 nitrogen and oxygen atoms in total. The second-order valence-corrected chi connectivity index (χ2v) is 11.4. The van der Waals surface area contributed by atoms with Gasteiger partial charge in [0.2, 0.25) is 5.91 Å². The van der Waals surface area contributed by atoms with Crippen LogP contribution in [0.2, 0.25) is 5.02 Å². The molecule has 210 valence electrons. The quantitative estimate of drug-likeness (QED) is 0.490. The van der Waals surface area contributed by atoms with Gasteiger partial charge in [0.1, 0.15) is 11.6 Å². The highest BCUT2D eigenvalue weighted by molar-refractivity contribution is 6.30. The summed E-state index contributed by atoms with van der Waals surface area (Å²) >= 11 is 6.16. The molecule has 2 fully saturated rings. The number of likely N-dealkylation sites (tertiary alicyclic amines) is 2. The summed E-state index contributed by atoms with van der Waals surface area (Å²) < 4.78 is 18.9. The van der Waals surface area contributed by atoms with Crippen molar-refractivity contribution in [3.63, 3.8) is 0 Å². The van der Waals surface area contributed by atoms with E-state index in [1.165, 1.54) is 29.2 Å². The number of hydrogen-bond acceptors (Lipinski definition) is 4. The molecule has 2 saturated heterocycles. The Balaban J connectivity index is 1.35. The molecule has 3 aliphatic rings. The summed E-state index contributed by atoms with van der Waals surface area (Å²) in [6.45, 7) is 3.45. The van der Waals surface area contributed by atoms with E-state index < -0.39 is 23.4 Å². The fraction of sp³-hybridized carbons (Fsp3) is 0.387. The van der Waals surface area contributed by atoms with Gasteiger partial charge < -0.3 is 19.4 Å². The minimum atomic E-state index is -0.613. The first-order chi connectivity index (χ1) is 19.2. The minimum Gasteiger partial charge on any atom is -0.410 e. The zero-order chi connectivity index (χ0) is 28.4. The molecule has 3 atom stereocenters. The van der Waals surface area contributed by atoms with Gasteiger partial charge in [-0.1, -0.05) is 48.9 Å². The van der Waals surface area contributed by atoms with E-state index in [2.05, 4.69) is 0 Å². The number of benzene rings is 2. The first-order valence-electron chi connectivity index (χ1n) is 13.6. The highest BCUT2D eigenvalue weighted by Crippen LogP contribution is 2.39. The van der Waals surface area contributed by atoms with Crippen LogP contribution in [0.3, 0.4) is 0 Å². The molecule has 0 saturated carbocycles. The van der Waals surface area contributed by atoms with Gasteiger partial charge in [-0.2, -0.15) is 0 Å². The van der Waals surface area contributed by atoms with Crippen LogP contribution in [0.5, 0.6) is 5.75 Å². The first kappa shape index (κ1) is 27.9. The predicted octanol–water partition coefficient (Wildman–Crippen LogP) is 5.35. The van der Waals surface area contributed by atoms with Crippen molar-refractivity contribution in [3.8, 4) is 5.75 Å². The molecule has 2 aromatic carbocycles. The van der Waals surface area contributed by atoms with Crippen molar-refractivity contribution < 1.29 is 23.5 Å². The van der Waals surface area contributed by atoms with Crippen molar-refractivity contribution in [1.82, 2.24) is 14.7 Å². The van der Waals surface area contributed by atoms with E-state index in [1.54, 1.807) is 24.1 Å². The van der Waals surface area contributed by atoms with Gasteiger partial charge in [0.05, 0.1) is 12.1 Å². The van der Waals surface area contributed by atoms with Crippen molar-refractivity contribution >= 4 is 29.5 Å². The van der Waals surface area contributed by atoms with Crippen LogP contribution < -0.4 is 4.74 Å². The van der Waals surface area contributed by atoms with Crippen LogP contribution in [0.4, 0.5) is 9.18 Å². The smallest absolute Gasteiger partial charge is 0.410 e. The van der Waals surface area contributed by atoms with E-state index in [-0.39, 0.29) is 23.6 Å². The predicted molar refractivity (Wildman–Crippen MR) is 151 cm³/mol. The van der Waals surface area contributed by atoms with Crippen molar-refractivity contribution in [2.75, 3.05) is 26.7 Å². The number of hydrogen-bond donors (Lipinski definition) is 0. The molecule has 2 aromatic rings. The SMILES string of the molecule is CN(C(=O)Oc1ccc(F)cc1)[C@@H]1CN(C(=O)C2=CCC(N3CCCCC3=O)C=C2)C[C@@]1(C)c1ccc(Cl)cc1. The number of likely N-dealkylation sites (N-methyl/N-ethyl adjacent to an activating group) is 1. The Kier molecular flexibility index (Phi) is 7.99. The van der Waals surface area contributed by atoms with Crippen molar-refractivity contribution in [2.24, 2.45) is 0 Å². The number of carbonyl (C=O) groups excluding carboxylic acids is 3. The fourth-order valence-electron chi connectivity index (χ4n) is 5.96. The summed E-state index contributed by atoms with van der Waals surface area (Å²) in [5, 5.41) is 0.596. The summed E-state index contributed by atoms with van der Waals surface area (Å²) in [7, 11) is 1.65. The van der Waals surface area contributed by atoms with Gasteiger partial charge in [-0.15, -0.1) is 0 Å². The summed E-state index contributed by atoms with van der Waals surface area (Å²) in [5.74, 6) is -0.145. The average Bonchev–Trinajstić information content (AvgIpc) is 3.32. The zero-order valence-corrected chi connectivity index (χ0v) is 23.4. The van der Waals surface area contributed by atoms with Crippen LogP contribution in [0.15, 0.2) is 72.3 Å². The molecule has 40 heavy (non-hydrogen) atoms. The number of halogens is 2. The fourth-order valence-corrected chi connectivity index (χ4v) is 6.08. The molecule has 2 aliphatic heterocycles. The number of ether oxygens (including phenoxy) is 1. The van der Waals surface area contributed by atoms with Gasteiger partial charge in [-0.05, 0) is 61.2 Å². The van der Waals surface area contributed by atoms with Crippen molar-refractivity contribution in [1.29, 1.82) is 0 Å². The van der Waals surface area contributed by atoms with Crippen LogP contribution in [0.25, 0.3) is 0 Å². The third-order valence-electron chi connectivity index (χ3n) is 8.30. The third kappa shape index (κ3) is 5.63. The number of amides is 3. The Labute approximate surface area is 238 Å². The van der Waals surface area contributed by atoms with E-state index in [1.807, 2.05) is 42.2 Å². The first-order valence-corrected chi connectivity index (χ1v) is 14.0. The van der Waals surface area contributed by atoms with Crippen molar-refractivity contribution in [2.45, 2.75) is 50.1 Å². The summed E-state index contributed by atoms with van der Waals surface area (Å²) in [6, 6.07) is 12.3. The largest absolute Gasteiger partial charge is 0.415 e. The Hall–Kier alpha value is -3.65. The molecular formula is C31H33ClFN3O4. The summed E-state index contributed by atoms with van der Waals surface area (Å²) in [5.41, 5.74) is 0.908. The Bertz CT molecular complexity index is 1340. The monoisotopic (exact) mass is 565 g/mol. The second kappa shape index (κ2) is 11.5. The molecule has 5 rings (SSSR count). The van der Waals surface area contributed by atoms with Crippen LogP contribution in [-0.2, 0) is 15.0 Å². The normalized spacial score (nSPS) is 24.6. The maximum Gasteiger partial charge on any atom is 0.415 e. The molecule has 1 aliphatic carbocycles. The highest BCUT2D eigenvalue weighted by Gasteiger charge is 2.49. The Morgan fingerprint density at radius 3 is 2.48 bits per heavy atom. The molecule has 2 heterocycles. The van der Waals surface area contributed by atoms with Gasteiger partial charge in [-0.3, -0.25) is 9.59 Å². The summed E-state index contributed by atoms with van der Waals surface area (Å²) in [6.07, 6.45) is 8.19. The van der Waals surface area contributed by atoms with Crippen LogP contribution in [0.1, 0.15) is 38.2 Å². The zero-order valence-electron chi connectivity index (χ0n) is 22.7. The standard InChI is InChI=1S/C31H33ClFN3O4/c1-31(22-8-10-23(32)11-9-22)20-35(19-27(31)34(2)30(39)40-26-16-12-24(33)13-17-26)29(38)21-6-14-25(15-7-21)36-18-4-3-5-28(36)37/h6-14,16-17,25,27H,3-5,15,18-20H2,1-2H3/t25?,27-,31+/m1/s1. The lowest BCUT2D eigenvalue weighted by atomic mass is 9.77. The van der Waals surface area contributed by atoms with E-state index in [0.29, 0.717) is 36.5 Å². The lowest BCUT2D eigenvalue weighted by Gasteiger charge is -2.36. The molecule has 1 unspecified atom stereocenters. The Morgan fingerprint density at radius 2 is 1.82 bits per heavy atom. The van der Waals surface area contributed by atoms with Gasteiger partial charge in [0.15, 0.2) is 0 Å². The molecular weight excluding hydrogens is 533 g/mol. The third-order valence-corrected chi connectivity index (χ3v) is 8.55. The van der Waals surface area contributed by atoms with Gasteiger partial charge in [0.25, 0.3) is 5.91 Å². The molecule has 0 radical (unpaired) electrons. The van der Waals surface area contributed by atoms with Gasteiger partial charge in [-0.25, -0.2) is 9.18 Å². The molecule has 0 bridgehead atoms. The number of rotatable bonds is 5. The Morgan fingerprint density at radius 1 is 1.10 bits per heavy atom. The molecule has 0 N–H and O–H groups in total.